The quantitative estimate of drug-likeness (QED) is 0.279. The average molecular weight is 524 g/mol. The van der Waals surface area contributed by atoms with Gasteiger partial charge in [0.1, 0.15) is 11.3 Å². The summed E-state index contributed by atoms with van der Waals surface area (Å²) >= 11 is 0. The van der Waals surface area contributed by atoms with Crippen LogP contribution < -0.4 is 15.0 Å². The van der Waals surface area contributed by atoms with Gasteiger partial charge in [0, 0.05) is 23.7 Å². The van der Waals surface area contributed by atoms with E-state index in [4.69, 9.17) is 9.47 Å². The molecule has 8 heteroatoms. The minimum absolute atomic E-state index is 0.143. The molecule has 4 atom stereocenters. The van der Waals surface area contributed by atoms with Crippen LogP contribution in [0, 0.1) is 11.8 Å². The van der Waals surface area contributed by atoms with Crippen LogP contribution in [0.4, 0.5) is 5.69 Å². The summed E-state index contributed by atoms with van der Waals surface area (Å²) in [5.41, 5.74) is 1.49. The highest BCUT2D eigenvalue weighted by Gasteiger charge is 2.69. The van der Waals surface area contributed by atoms with Gasteiger partial charge in [-0.05, 0) is 54.3 Å². The smallest absolute Gasteiger partial charge is 0.327 e. The van der Waals surface area contributed by atoms with Crippen LogP contribution in [-0.2, 0) is 25.5 Å². The molecule has 2 fully saturated rings. The number of aromatic nitrogens is 1. The fourth-order valence-corrected chi connectivity index (χ4v) is 6.14. The molecule has 2 aliphatic rings. The molecule has 2 N–H and O–H groups in total. The Morgan fingerprint density at radius 2 is 1.67 bits per heavy atom. The standard InChI is InChI=1S/C31H29N3O5/c1-3-39-30(37)31(18-21-17-20-9-7-8-12-24(20)32-21)26-25(27(33-31)19-13-15-23(38-2)16-14-19)28(35)34(29(26)36)22-10-5-4-6-11-22/h4-17,25-27,32-33H,3,18H2,1-2H3/t25-,26-,27-,31-/m0/s1. The van der Waals surface area contributed by atoms with E-state index in [1.54, 1.807) is 38.3 Å². The van der Waals surface area contributed by atoms with Gasteiger partial charge in [-0.2, -0.15) is 0 Å². The Bertz CT molecular complexity index is 1510. The lowest BCUT2D eigenvalue weighted by Crippen LogP contribution is -2.58. The van der Waals surface area contributed by atoms with Crippen molar-refractivity contribution >= 4 is 34.4 Å². The molecule has 0 unspecified atom stereocenters. The minimum Gasteiger partial charge on any atom is -0.497 e. The van der Waals surface area contributed by atoms with Crippen molar-refractivity contribution in [2.75, 3.05) is 18.6 Å². The number of carbonyl (C=O) groups excluding carboxylic acids is 3. The van der Waals surface area contributed by atoms with Gasteiger partial charge in [-0.1, -0.05) is 48.5 Å². The van der Waals surface area contributed by atoms with E-state index < -0.39 is 35.3 Å². The van der Waals surface area contributed by atoms with Crippen LogP contribution in [0.1, 0.15) is 24.2 Å². The molecule has 0 saturated carbocycles. The minimum atomic E-state index is -1.47. The van der Waals surface area contributed by atoms with Crippen molar-refractivity contribution in [2.24, 2.45) is 11.8 Å². The van der Waals surface area contributed by atoms with Crippen molar-refractivity contribution in [3.8, 4) is 5.75 Å². The van der Waals surface area contributed by atoms with Crippen molar-refractivity contribution in [1.82, 2.24) is 10.3 Å². The lowest BCUT2D eigenvalue weighted by Gasteiger charge is -2.32. The monoisotopic (exact) mass is 523 g/mol. The van der Waals surface area contributed by atoms with Crippen LogP contribution in [0.25, 0.3) is 10.9 Å². The van der Waals surface area contributed by atoms with Crippen LogP contribution in [0.5, 0.6) is 5.75 Å². The highest BCUT2D eigenvalue weighted by atomic mass is 16.5. The number of methoxy groups -OCH3 is 1. The van der Waals surface area contributed by atoms with Crippen LogP contribution in [0.3, 0.4) is 0 Å². The largest absolute Gasteiger partial charge is 0.497 e. The van der Waals surface area contributed by atoms with E-state index in [0.29, 0.717) is 11.4 Å². The number of rotatable bonds is 7. The van der Waals surface area contributed by atoms with Gasteiger partial charge in [-0.3, -0.25) is 19.7 Å². The summed E-state index contributed by atoms with van der Waals surface area (Å²) in [6.07, 6.45) is 0.149. The number of benzene rings is 3. The number of para-hydroxylation sites is 2. The number of amides is 2. The van der Waals surface area contributed by atoms with E-state index in [9.17, 15) is 14.4 Å². The Morgan fingerprint density at radius 1 is 0.949 bits per heavy atom. The van der Waals surface area contributed by atoms with Gasteiger partial charge in [-0.15, -0.1) is 0 Å². The summed E-state index contributed by atoms with van der Waals surface area (Å²) in [5, 5.41) is 4.46. The number of carbonyl (C=O) groups is 3. The lowest BCUT2D eigenvalue weighted by molar-refractivity contribution is -0.154. The second-order valence-corrected chi connectivity index (χ2v) is 10.00. The topological polar surface area (TPSA) is 101 Å². The summed E-state index contributed by atoms with van der Waals surface area (Å²) in [4.78, 5) is 46.8. The Morgan fingerprint density at radius 3 is 2.36 bits per heavy atom. The first-order chi connectivity index (χ1) is 19.0. The number of hydrogen-bond donors (Lipinski definition) is 2. The van der Waals surface area contributed by atoms with Crippen molar-refractivity contribution < 1.29 is 23.9 Å². The molecule has 8 nitrogen and oxygen atoms in total. The van der Waals surface area contributed by atoms with Crippen LogP contribution >= 0.6 is 0 Å². The summed E-state index contributed by atoms with van der Waals surface area (Å²) in [7, 11) is 1.59. The molecule has 0 aliphatic carbocycles. The normalized spacial score (nSPS) is 24.3. The number of esters is 1. The number of anilines is 1. The highest BCUT2D eigenvalue weighted by Crippen LogP contribution is 2.51. The van der Waals surface area contributed by atoms with Gasteiger partial charge in [0.15, 0.2) is 0 Å². The van der Waals surface area contributed by atoms with E-state index in [1.165, 1.54) is 4.90 Å². The Hall–Kier alpha value is -4.43. The van der Waals surface area contributed by atoms with Crippen LogP contribution in [-0.4, -0.2) is 42.0 Å². The molecule has 198 valence electrons. The third-order valence-electron chi connectivity index (χ3n) is 7.84. The summed E-state index contributed by atoms with van der Waals surface area (Å²) < 4.78 is 10.9. The van der Waals surface area contributed by atoms with E-state index >= 15 is 0 Å². The predicted octanol–water partition coefficient (Wildman–Crippen LogP) is 4.17. The zero-order valence-corrected chi connectivity index (χ0v) is 21.7. The SMILES string of the molecule is CCOC(=O)[C@@]1(Cc2cc3ccccc3[nH]2)N[C@@H](c2ccc(OC)cc2)[C@H]2C(=O)N(c3ccccc3)C(=O)[C@H]21. The summed E-state index contributed by atoms with van der Waals surface area (Å²) in [6.45, 7) is 1.88. The van der Waals surface area contributed by atoms with E-state index in [2.05, 4.69) is 10.3 Å². The molecule has 2 amide bonds. The summed E-state index contributed by atoms with van der Waals surface area (Å²) in [6, 6.07) is 25.4. The van der Waals surface area contributed by atoms with E-state index in [0.717, 1.165) is 22.2 Å². The molecule has 4 aromatic rings. The van der Waals surface area contributed by atoms with Crippen molar-refractivity contribution in [1.29, 1.82) is 0 Å². The molecule has 3 aromatic carbocycles. The molecule has 2 aliphatic heterocycles. The van der Waals surface area contributed by atoms with Gasteiger partial charge >= 0.3 is 5.97 Å². The number of nitrogens with one attached hydrogen (secondary N) is 2. The van der Waals surface area contributed by atoms with E-state index in [-0.39, 0.29) is 18.9 Å². The molecule has 0 spiro atoms. The fourth-order valence-electron chi connectivity index (χ4n) is 6.14. The van der Waals surface area contributed by atoms with E-state index in [1.807, 2.05) is 60.7 Å². The Kier molecular flexibility index (Phi) is 6.19. The fraction of sp³-hybridized carbons (Fsp3) is 0.258. The molecule has 3 heterocycles. The molecule has 0 radical (unpaired) electrons. The average Bonchev–Trinajstić information content (AvgIpc) is 3.60. The van der Waals surface area contributed by atoms with Crippen LogP contribution in [0.2, 0.25) is 0 Å². The number of hydrogen-bond acceptors (Lipinski definition) is 6. The molecule has 1 aromatic heterocycles. The molecule has 0 bridgehead atoms. The summed E-state index contributed by atoms with van der Waals surface area (Å²) in [5.74, 6) is -2.41. The number of aromatic amines is 1. The lowest BCUT2D eigenvalue weighted by atomic mass is 9.77. The van der Waals surface area contributed by atoms with Gasteiger partial charge < -0.3 is 14.5 Å². The predicted molar refractivity (Wildman–Crippen MR) is 146 cm³/mol. The maximum Gasteiger partial charge on any atom is 0.327 e. The Balaban J connectivity index is 1.51. The molecular formula is C31H29N3O5. The van der Waals surface area contributed by atoms with Gasteiger partial charge in [0.05, 0.1) is 31.2 Å². The number of fused-ring (bicyclic) bond motifs is 2. The maximum absolute atomic E-state index is 14.2. The molecule has 2 saturated heterocycles. The number of imide groups is 1. The number of ether oxygens (including phenoxy) is 2. The van der Waals surface area contributed by atoms with Crippen molar-refractivity contribution in [2.45, 2.75) is 24.9 Å². The second-order valence-electron chi connectivity index (χ2n) is 10.00. The number of H-pyrrole nitrogens is 1. The van der Waals surface area contributed by atoms with Crippen molar-refractivity contribution in [3.05, 3.63) is 96.2 Å². The highest BCUT2D eigenvalue weighted by molar-refractivity contribution is 6.24. The van der Waals surface area contributed by atoms with Crippen molar-refractivity contribution in [3.63, 3.8) is 0 Å². The Labute approximate surface area is 225 Å². The first kappa shape index (κ1) is 24.9. The zero-order valence-electron chi connectivity index (χ0n) is 21.7. The van der Waals surface area contributed by atoms with Gasteiger partial charge in [0.25, 0.3) is 0 Å². The molecule has 6 rings (SSSR count). The molecular weight excluding hydrogens is 494 g/mol. The molecule has 39 heavy (non-hydrogen) atoms. The second kappa shape index (κ2) is 9.71. The maximum atomic E-state index is 14.2. The van der Waals surface area contributed by atoms with Gasteiger partial charge in [-0.25, -0.2) is 4.90 Å². The zero-order chi connectivity index (χ0) is 27.1. The number of nitrogens with zero attached hydrogens (tertiary/aromatic N) is 1. The van der Waals surface area contributed by atoms with Gasteiger partial charge in [0.2, 0.25) is 11.8 Å². The van der Waals surface area contributed by atoms with Crippen LogP contribution in [0.15, 0.2) is 84.9 Å². The third kappa shape index (κ3) is 3.99. The third-order valence-corrected chi connectivity index (χ3v) is 7.84. The first-order valence-electron chi connectivity index (χ1n) is 13.0. The first-order valence-corrected chi connectivity index (χ1v) is 13.0.